The minimum absolute atomic E-state index is 0.381. The van der Waals surface area contributed by atoms with Gasteiger partial charge in [-0.3, -0.25) is 0 Å². The van der Waals surface area contributed by atoms with E-state index in [0.29, 0.717) is 11.7 Å². The molecule has 16 heavy (non-hydrogen) atoms. The molecule has 1 aromatic carbocycles. The van der Waals surface area contributed by atoms with E-state index in [1.165, 1.54) is 0 Å². The lowest BCUT2D eigenvalue weighted by Gasteiger charge is -2.06. The molecule has 2 N–H and O–H groups in total. The topological polar surface area (TPSA) is 43.8 Å². The van der Waals surface area contributed by atoms with Gasteiger partial charge in [-0.15, -0.1) is 0 Å². The number of anilines is 1. The summed E-state index contributed by atoms with van der Waals surface area (Å²) in [6.45, 7) is 4.21. The van der Waals surface area contributed by atoms with Gasteiger partial charge in [-0.05, 0) is 34.0 Å². The molecule has 0 aliphatic heterocycles. The van der Waals surface area contributed by atoms with Crippen LogP contribution in [0, 0.1) is 0 Å². The van der Waals surface area contributed by atoms with E-state index in [0.717, 1.165) is 15.9 Å². The summed E-state index contributed by atoms with van der Waals surface area (Å²) in [6.07, 6.45) is 0. The Balaban J connectivity index is 2.52. The van der Waals surface area contributed by atoms with E-state index in [-0.39, 0.29) is 0 Å². The molecule has 0 aliphatic rings. The highest BCUT2D eigenvalue weighted by Crippen LogP contribution is 2.24. The molecule has 2 aromatic rings. The van der Waals surface area contributed by atoms with Crippen LogP contribution >= 0.6 is 15.9 Å². The van der Waals surface area contributed by atoms with E-state index in [9.17, 15) is 0 Å². The summed E-state index contributed by atoms with van der Waals surface area (Å²) < 4.78 is 2.75. The third-order valence-corrected chi connectivity index (χ3v) is 3.10. The molecule has 84 valence electrons. The van der Waals surface area contributed by atoms with Crippen LogP contribution in [0.3, 0.4) is 0 Å². The van der Waals surface area contributed by atoms with Gasteiger partial charge in [0.25, 0.3) is 0 Å². The van der Waals surface area contributed by atoms with Crippen LogP contribution in [0.25, 0.3) is 5.69 Å². The van der Waals surface area contributed by atoms with E-state index in [4.69, 9.17) is 5.73 Å². The van der Waals surface area contributed by atoms with Gasteiger partial charge >= 0.3 is 0 Å². The first-order chi connectivity index (χ1) is 7.59. The van der Waals surface area contributed by atoms with Crippen LogP contribution in [0.15, 0.2) is 34.8 Å². The molecule has 1 aromatic heterocycles. The van der Waals surface area contributed by atoms with Crippen molar-refractivity contribution in [3.05, 3.63) is 40.5 Å². The number of rotatable bonds is 2. The fourth-order valence-corrected chi connectivity index (χ4v) is 1.97. The van der Waals surface area contributed by atoms with Crippen molar-refractivity contribution in [2.75, 3.05) is 5.73 Å². The van der Waals surface area contributed by atoms with Gasteiger partial charge in [-0.25, -0.2) is 4.68 Å². The Morgan fingerprint density at radius 3 is 2.56 bits per heavy atom. The van der Waals surface area contributed by atoms with Crippen molar-refractivity contribution in [3.63, 3.8) is 0 Å². The predicted molar refractivity (Wildman–Crippen MR) is 69.8 cm³/mol. The molecule has 0 saturated heterocycles. The molecule has 0 radical (unpaired) electrons. The summed E-state index contributed by atoms with van der Waals surface area (Å²) in [5.41, 5.74) is 7.93. The van der Waals surface area contributed by atoms with Crippen molar-refractivity contribution < 1.29 is 0 Å². The van der Waals surface area contributed by atoms with Crippen LogP contribution in [-0.2, 0) is 0 Å². The van der Waals surface area contributed by atoms with Gasteiger partial charge in [0.05, 0.1) is 11.4 Å². The Kier molecular flexibility index (Phi) is 3.01. The van der Waals surface area contributed by atoms with Gasteiger partial charge in [0.2, 0.25) is 0 Å². The molecule has 0 atom stereocenters. The van der Waals surface area contributed by atoms with Gasteiger partial charge in [0.1, 0.15) is 5.82 Å². The maximum Gasteiger partial charge on any atom is 0.127 e. The third kappa shape index (κ3) is 1.97. The third-order valence-electron chi connectivity index (χ3n) is 2.43. The van der Waals surface area contributed by atoms with Gasteiger partial charge in [0, 0.05) is 10.5 Å². The molecule has 2 rings (SSSR count). The zero-order chi connectivity index (χ0) is 11.7. The second-order valence-electron chi connectivity index (χ2n) is 4.01. The van der Waals surface area contributed by atoms with Gasteiger partial charge in [-0.1, -0.05) is 26.0 Å². The molecule has 0 bridgehead atoms. The predicted octanol–water partition coefficient (Wildman–Crippen LogP) is 3.34. The Bertz CT molecular complexity index is 503. The second-order valence-corrected chi connectivity index (χ2v) is 4.87. The number of nitrogens with zero attached hydrogens (tertiary/aromatic N) is 2. The Labute approximate surface area is 103 Å². The number of nitrogens with two attached hydrogens (primary N) is 1. The summed E-state index contributed by atoms with van der Waals surface area (Å²) in [6, 6.07) is 9.82. The van der Waals surface area contributed by atoms with Crippen LogP contribution in [0.4, 0.5) is 5.82 Å². The van der Waals surface area contributed by atoms with Gasteiger partial charge in [0.15, 0.2) is 0 Å². The van der Waals surface area contributed by atoms with E-state index in [2.05, 4.69) is 34.9 Å². The maximum absolute atomic E-state index is 5.96. The van der Waals surface area contributed by atoms with Crippen molar-refractivity contribution in [1.29, 1.82) is 0 Å². The summed E-state index contributed by atoms with van der Waals surface area (Å²) in [5.74, 6) is 1.04. The highest BCUT2D eigenvalue weighted by molar-refractivity contribution is 9.10. The number of hydrogen-bond acceptors (Lipinski definition) is 2. The number of hydrogen-bond donors (Lipinski definition) is 1. The number of benzene rings is 1. The van der Waals surface area contributed by atoms with E-state index in [1.807, 2.05) is 30.3 Å². The molecule has 4 heteroatoms. The fourth-order valence-electron chi connectivity index (χ4n) is 1.51. The number of aromatic nitrogens is 2. The van der Waals surface area contributed by atoms with Gasteiger partial charge < -0.3 is 5.73 Å². The monoisotopic (exact) mass is 279 g/mol. The normalized spacial score (nSPS) is 11.0. The molecule has 0 unspecified atom stereocenters. The average molecular weight is 280 g/mol. The Morgan fingerprint density at radius 1 is 1.31 bits per heavy atom. The number of halogens is 1. The lowest BCUT2D eigenvalue weighted by molar-refractivity contribution is 0.770. The Morgan fingerprint density at radius 2 is 2.00 bits per heavy atom. The first-order valence-corrected chi connectivity index (χ1v) is 5.99. The highest BCUT2D eigenvalue weighted by atomic mass is 79.9. The largest absolute Gasteiger partial charge is 0.384 e. The van der Waals surface area contributed by atoms with Crippen LogP contribution < -0.4 is 5.73 Å². The van der Waals surface area contributed by atoms with Crippen LogP contribution in [0.1, 0.15) is 25.5 Å². The van der Waals surface area contributed by atoms with E-state index in [1.54, 1.807) is 4.68 Å². The molecule has 3 nitrogen and oxygen atoms in total. The maximum atomic E-state index is 5.96. The minimum Gasteiger partial charge on any atom is -0.384 e. The molecule has 0 fully saturated rings. The molecular weight excluding hydrogens is 266 g/mol. The first kappa shape index (κ1) is 11.2. The standard InChI is InChI=1S/C12H14BrN3/c1-8(2)10-7-12(14)16(15-10)11-6-4-3-5-9(11)13/h3-8H,14H2,1-2H3. The molecule has 0 spiro atoms. The molecular formula is C12H14BrN3. The van der Waals surface area contributed by atoms with Crippen molar-refractivity contribution >= 4 is 21.7 Å². The number of nitrogen functional groups attached to an aromatic ring is 1. The lowest BCUT2D eigenvalue weighted by atomic mass is 10.1. The summed E-state index contributed by atoms with van der Waals surface area (Å²) in [5, 5.41) is 4.50. The van der Waals surface area contributed by atoms with Crippen molar-refractivity contribution in [1.82, 2.24) is 9.78 Å². The SMILES string of the molecule is CC(C)c1cc(N)n(-c2ccccc2Br)n1. The molecule has 0 saturated carbocycles. The molecule has 0 aliphatic carbocycles. The van der Waals surface area contributed by atoms with Crippen LogP contribution in [-0.4, -0.2) is 9.78 Å². The van der Waals surface area contributed by atoms with Crippen LogP contribution in [0.2, 0.25) is 0 Å². The first-order valence-electron chi connectivity index (χ1n) is 5.20. The fraction of sp³-hybridized carbons (Fsp3) is 0.250. The van der Waals surface area contributed by atoms with Crippen molar-refractivity contribution in [2.45, 2.75) is 19.8 Å². The quantitative estimate of drug-likeness (QED) is 0.916. The molecule has 0 amide bonds. The number of para-hydroxylation sites is 1. The van der Waals surface area contributed by atoms with Crippen molar-refractivity contribution in [3.8, 4) is 5.69 Å². The average Bonchev–Trinajstić information content (AvgIpc) is 2.61. The van der Waals surface area contributed by atoms with Crippen molar-refractivity contribution in [2.24, 2.45) is 0 Å². The summed E-state index contributed by atoms with van der Waals surface area (Å²) >= 11 is 3.50. The lowest BCUT2D eigenvalue weighted by Crippen LogP contribution is -2.02. The zero-order valence-corrected chi connectivity index (χ0v) is 10.9. The van der Waals surface area contributed by atoms with Crippen LogP contribution in [0.5, 0.6) is 0 Å². The molecule has 1 heterocycles. The minimum atomic E-state index is 0.381. The smallest absolute Gasteiger partial charge is 0.127 e. The summed E-state index contributed by atoms with van der Waals surface area (Å²) in [7, 11) is 0. The second kappa shape index (κ2) is 4.29. The van der Waals surface area contributed by atoms with Gasteiger partial charge in [-0.2, -0.15) is 5.10 Å². The Hall–Kier alpha value is -1.29. The van der Waals surface area contributed by atoms with E-state index < -0.39 is 0 Å². The van der Waals surface area contributed by atoms with E-state index >= 15 is 0 Å². The highest BCUT2D eigenvalue weighted by Gasteiger charge is 2.11. The zero-order valence-electron chi connectivity index (χ0n) is 9.31. The summed E-state index contributed by atoms with van der Waals surface area (Å²) in [4.78, 5) is 0.